The number of anilines is 2. The molecule has 4 rings (SSSR count). The van der Waals surface area contributed by atoms with Crippen molar-refractivity contribution < 1.29 is 4.79 Å². The van der Waals surface area contributed by atoms with Gasteiger partial charge in [-0.15, -0.1) is 0 Å². The second-order valence-electron chi connectivity index (χ2n) is 7.95. The first-order valence-electron chi connectivity index (χ1n) is 10.6. The highest BCUT2D eigenvalue weighted by Gasteiger charge is 2.26. The summed E-state index contributed by atoms with van der Waals surface area (Å²) < 4.78 is 0. The summed E-state index contributed by atoms with van der Waals surface area (Å²) in [6.45, 7) is 4.24. The molecule has 1 atom stereocenters. The van der Waals surface area contributed by atoms with E-state index in [1.165, 1.54) is 17.7 Å². The highest BCUT2D eigenvalue weighted by Crippen LogP contribution is 2.26. The van der Waals surface area contributed by atoms with Crippen molar-refractivity contribution in [2.24, 2.45) is 5.92 Å². The minimum Gasteiger partial charge on any atom is -0.371 e. The van der Waals surface area contributed by atoms with Crippen LogP contribution in [0.1, 0.15) is 31.2 Å². The van der Waals surface area contributed by atoms with Crippen molar-refractivity contribution in [3.63, 3.8) is 0 Å². The number of hydrogen-bond donors (Lipinski definition) is 2. The van der Waals surface area contributed by atoms with Gasteiger partial charge in [0.15, 0.2) is 0 Å². The minimum atomic E-state index is -0.214. The number of piperidine rings is 1. The molecular formula is C22H29N5O2. The first-order chi connectivity index (χ1) is 14.2. The number of rotatable bonds is 6. The molecule has 29 heavy (non-hydrogen) atoms. The fourth-order valence-corrected chi connectivity index (χ4v) is 4.43. The van der Waals surface area contributed by atoms with Crippen molar-refractivity contribution in [1.82, 2.24) is 15.5 Å². The summed E-state index contributed by atoms with van der Waals surface area (Å²) in [7, 11) is 0. The van der Waals surface area contributed by atoms with Crippen molar-refractivity contribution in [3.8, 4) is 0 Å². The number of benzene rings is 1. The van der Waals surface area contributed by atoms with E-state index in [0.717, 1.165) is 51.0 Å². The van der Waals surface area contributed by atoms with Crippen LogP contribution < -0.4 is 20.7 Å². The lowest BCUT2D eigenvalue weighted by molar-refractivity contribution is -0.125. The maximum absolute atomic E-state index is 12.7. The Morgan fingerprint density at radius 2 is 2.14 bits per heavy atom. The average molecular weight is 396 g/mol. The molecule has 0 aliphatic carbocycles. The van der Waals surface area contributed by atoms with Gasteiger partial charge in [-0.3, -0.25) is 9.59 Å². The van der Waals surface area contributed by atoms with E-state index in [0.29, 0.717) is 13.1 Å². The predicted octanol–water partition coefficient (Wildman–Crippen LogP) is 1.95. The second kappa shape index (κ2) is 9.11. The topological polar surface area (TPSA) is 81.3 Å². The Morgan fingerprint density at radius 1 is 1.24 bits per heavy atom. The Hall–Kier alpha value is -2.83. The van der Waals surface area contributed by atoms with Gasteiger partial charge in [0.25, 0.3) is 5.56 Å². The quantitative estimate of drug-likeness (QED) is 0.731. The predicted molar refractivity (Wildman–Crippen MR) is 114 cm³/mol. The van der Waals surface area contributed by atoms with Crippen LogP contribution in [0.3, 0.4) is 0 Å². The van der Waals surface area contributed by atoms with Gasteiger partial charge in [-0.1, -0.05) is 18.2 Å². The summed E-state index contributed by atoms with van der Waals surface area (Å²) >= 11 is 0. The summed E-state index contributed by atoms with van der Waals surface area (Å²) in [5.74, 6) is 0.0743. The summed E-state index contributed by atoms with van der Waals surface area (Å²) in [5, 5.41) is 9.39. The molecule has 2 aromatic rings. The van der Waals surface area contributed by atoms with E-state index in [-0.39, 0.29) is 17.4 Å². The Morgan fingerprint density at radius 3 is 3.03 bits per heavy atom. The van der Waals surface area contributed by atoms with Gasteiger partial charge >= 0.3 is 0 Å². The zero-order valence-corrected chi connectivity index (χ0v) is 16.8. The molecule has 0 unspecified atom stereocenters. The van der Waals surface area contributed by atoms with Crippen LogP contribution in [0, 0.1) is 5.92 Å². The number of hydrogen-bond acceptors (Lipinski definition) is 5. The average Bonchev–Trinajstić information content (AvgIpc) is 2.77. The molecule has 2 aliphatic rings. The molecule has 1 aromatic carbocycles. The molecule has 2 aliphatic heterocycles. The Bertz CT molecular complexity index is 897. The van der Waals surface area contributed by atoms with E-state index in [1.54, 1.807) is 12.3 Å². The number of carbonyl (C=O) groups excluding carboxylic acids is 1. The van der Waals surface area contributed by atoms with Gasteiger partial charge in [-0.2, -0.15) is 5.10 Å². The zero-order chi connectivity index (χ0) is 20.1. The van der Waals surface area contributed by atoms with E-state index in [4.69, 9.17) is 0 Å². The molecule has 154 valence electrons. The number of fused-ring (bicyclic) bond motifs is 1. The van der Waals surface area contributed by atoms with Crippen LogP contribution in [0.25, 0.3) is 0 Å². The van der Waals surface area contributed by atoms with E-state index in [2.05, 4.69) is 49.6 Å². The van der Waals surface area contributed by atoms with Crippen LogP contribution in [0.15, 0.2) is 41.3 Å². The van der Waals surface area contributed by atoms with Gasteiger partial charge in [-0.05, 0) is 43.7 Å². The highest BCUT2D eigenvalue weighted by molar-refractivity contribution is 5.79. The van der Waals surface area contributed by atoms with Crippen LogP contribution in [0.2, 0.25) is 0 Å². The fraction of sp³-hybridized carbons (Fsp3) is 0.500. The fourth-order valence-electron chi connectivity index (χ4n) is 4.43. The third-order valence-corrected chi connectivity index (χ3v) is 5.92. The van der Waals surface area contributed by atoms with E-state index in [1.807, 2.05) is 0 Å². The maximum atomic E-state index is 12.7. The molecule has 2 N–H and O–H groups in total. The van der Waals surface area contributed by atoms with Crippen LogP contribution in [-0.4, -0.2) is 48.8 Å². The Kier molecular flexibility index (Phi) is 6.12. The van der Waals surface area contributed by atoms with Crippen LogP contribution in [-0.2, 0) is 11.2 Å². The Labute approximate surface area is 171 Å². The lowest BCUT2D eigenvalue weighted by atomic mass is 9.96. The van der Waals surface area contributed by atoms with E-state index < -0.39 is 0 Å². The molecule has 1 amide bonds. The number of H-pyrrole nitrogens is 1. The van der Waals surface area contributed by atoms with Gasteiger partial charge in [0, 0.05) is 44.5 Å². The number of carbonyl (C=O) groups is 1. The minimum absolute atomic E-state index is 0.0428. The molecule has 3 heterocycles. The summed E-state index contributed by atoms with van der Waals surface area (Å²) in [6, 6.07) is 10.2. The zero-order valence-electron chi connectivity index (χ0n) is 16.8. The van der Waals surface area contributed by atoms with E-state index >= 15 is 0 Å². The normalized spacial score (nSPS) is 19.0. The first kappa shape index (κ1) is 19.5. The Balaban J connectivity index is 1.24. The number of amides is 1. The molecular weight excluding hydrogens is 366 g/mol. The van der Waals surface area contributed by atoms with Crippen molar-refractivity contribution in [1.29, 1.82) is 0 Å². The van der Waals surface area contributed by atoms with Crippen LogP contribution >= 0.6 is 0 Å². The second-order valence-corrected chi connectivity index (χ2v) is 7.95. The van der Waals surface area contributed by atoms with Gasteiger partial charge < -0.3 is 15.1 Å². The maximum Gasteiger partial charge on any atom is 0.266 e. The number of nitrogens with one attached hydrogen (secondary N) is 2. The number of aromatic amines is 1. The molecule has 0 bridgehead atoms. The SMILES string of the molecule is O=C(NCCCN1CCCc2ccccc21)[C@@H]1CCCN(c2cn[nH]c(=O)c2)C1. The molecule has 1 saturated heterocycles. The molecule has 1 aromatic heterocycles. The van der Waals surface area contributed by atoms with E-state index in [9.17, 15) is 9.59 Å². The standard InChI is InChI=1S/C22H29N5O2/c28-21-14-19(15-24-25-21)27-12-4-8-18(16-27)22(29)23-10-5-13-26-11-3-7-17-6-1-2-9-20(17)26/h1-2,6,9,14-15,18H,3-5,7-8,10-13,16H2,(H,23,29)(H,25,28)/t18-/m1/s1. The monoisotopic (exact) mass is 395 g/mol. The number of para-hydroxylation sites is 1. The molecule has 0 saturated carbocycles. The summed E-state index contributed by atoms with van der Waals surface area (Å²) in [4.78, 5) is 28.7. The van der Waals surface area contributed by atoms with Crippen molar-refractivity contribution in [2.45, 2.75) is 32.1 Å². The summed E-state index contributed by atoms with van der Waals surface area (Å²) in [6.07, 6.45) is 6.77. The van der Waals surface area contributed by atoms with Gasteiger partial charge in [-0.25, -0.2) is 5.10 Å². The largest absolute Gasteiger partial charge is 0.371 e. The first-order valence-corrected chi connectivity index (χ1v) is 10.6. The number of aromatic nitrogens is 2. The van der Waals surface area contributed by atoms with Crippen LogP contribution in [0.5, 0.6) is 0 Å². The smallest absolute Gasteiger partial charge is 0.266 e. The number of aryl methyl sites for hydroxylation is 1. The van der Waals surface area contributed by atoms with Gasteiger partial charge in [0.2, 0.25) is 5.91 Å². The number of nitrogens with zero attached hydrogens (tertiary/aromatic N) is 3. The van der Waals surface area contributed by atoms with Gasteiger partial charge in [0.1, 0.15) is 0 Å². The van der Waals surface area contributed by atoms with Crippen LogP contribution in [0.4, 0.5) is 11.4 Å². The molecule has 1 fully saturated rings. The van der Waals surface area contributed by atoms with Gasteiger partial charge in [0.05, 0.1) is 17.8 Å². The third kappa shape index (κ3) is 4.78. The molecule has 0 radical (unpaired) electrons. The van der Waals surface area contributed by atoms with Crippen molar-refractivity contribution in [2.75, 3.05) is 42.5 Å². The lowest BCUT2D eigenvalue weighted by Crippen LogP contribution is -2.44. The van der Waals surface area contributed by atoms with Crippen molar-refractivity contribution >= 4 is 17.3 Å². The molecule has 0 spiro atoms. The lowest BCUT2D eigenvalue weighted by Gasteiger charge is -2.33. The molecule has 7 heteroatoms. The molecule has 7 nitrogen and oxygen atoms in total. The van der Waals surface area contributed by atoms with Crippen molar-refractivity contribution in [3.05, 3.63) is 52.4 Å². The highest BCUT2D eigenvalue weighted by atomic mass is 16.2. The third-order valence-electron chi connectivity index (χ3n) is 5.92. The summed E-state index contributed by atoms with van der Waals surface area (Å²) in [5.41, 5.74) is 3.35.